The molecule has 0 bridgehead atoms. The van der Waals surface area contributed by atoms with Crippen LogP contribution in [0.4, 0.5) is 5.69 Å². The van der Waals surface area contributed by atoms with Crippen LogP contribution in [0.1, 0.15) is 16.0 Å². The molecule has 0 amide bonds. The van der Waals surface area contributed by atoms with Crippen molar-refractivity contribution in [3.05, 3.63) is 50.1 Å². The zero-order chi connectivity index (χ0) is 12.5. The van der Waals surface area contributed by atoms with Crippen LogP contribution in [0.25, 0.3) is 0 Å². The van der Waals surface area contributed by atoms with Crippen molar-refractivity contribution in [1.82, 2.24) is 0 Å². The Bertz CT molecular complexity index is 567. The van der Waals surface area contributed by atoms with Crippen LogP contribution in [-0.4, -0.2) is 6.54 Å². The molecule has 2 aromatic rings. The fraction of sp³-hybridized carbons (Fsp3) is 0.286. The first kappa shape index (κ1) is 12.5. The van der Waals surface area contributed by atoms with E-state index < -0.39 is 0 Å². The molecule has 0 atom stereocenters. The molecular weight excluding hydrogens is 330 g/mol. The van der Waals surface area contributed by atoms with Crippen molar-refractivity contribution in [2.75, 3.05) is 11.4 Å². The Kier molecular flexibility index (Phi) is 3.64. The van der Waals surface area contributed by atoms with Crippen LogP contribution in [-0.2, 0) is 18.8 Å². The third-order valence-corrected chi connectivity index (χ3v) is 5.40. The second-order valence-corrected chi connectivity index (χ2v) is 6.57. The molecule has 0 aliphatic carbocycles. The first-order valence-corrected chi connectivity index (χ1v) is 8.13. The van der Waals surface area contributed by atoms with Gasteiger partial charge in [-0.15, -0.1) is 22.9 Å². The molecule has 0 unspecified atom stereocenters. The predicted octanol–water partition coefficient (Wildman–Crippen LogP) is 4.81. The molecule has 3 rings (SSSR count). The van der Waals surface area contributed by atoms with Gasteiger partial charge in [0.25, 0.3) is 0 Å². The zero-order valence-electron chi connectivity index (χ0n) is 9.83. The number of benzene rings is 1. The molecule has 0 N–H and O–H groups in total. The van der Waals surface area contributed by atoms with Gasteiger partial charge in [0.15, 0.2) is 0 Å². The summed E-state index contributed by atoms with van der Waals surface area (Å²) in [4.78, 5) is 3.97. The SMILES string of the molecule is ClCc1ccc(N2CCc3sccc3C2)cc1Br. The molecule has 1 aromatic carbocycles. The van der Waals surface area contributed by atoms with Gasteiger partial charge in [-0.3, -0.25) is 0 Å². The van der Waals surface area contributed by atoms with E-state index in [9.17, 15) is 0 Å². The van der Waals surface area contributed by atoms with Gasteiger partial charge in [-0.2, -0.15) is 0 Å². The Balaban J connectivity index is 1.86. The molecule has 0 radical (unpaired) electrons. The number of thiophene rings is 1. The maximum absolute atomic E-state index is 5.88. The molecule has 1 aliphatic heterocycles. The van der Waals surface area contributed by atoms with Crippen LogP contribution in [0.5, 0.6) is 0 Å². The molecule has 4 heteroatoms. The number of alkyl halides is 1. The Morgan fingerprint density at radius 2 is 2.22 bits per heavy atom. The van der Waals surface area contributed by atoms with E-state index in [1.807, 2.05) is 11.3 Å². The average molecular weight is 343 g/mol. The van der Waals surface area contributed by atoms with Crippen LogP contribution in [0, 0.1) is 0 Å². The molecule has 94 valence electrons. The fourth-order valence-electron chi connectivity index (χ4n) is 2.31. The highest BCUT2D eigenvalue weighted by atomic mass is 79.9. The van der Waals surface area contributed by atoms with E-state index in [1.165, 1.54) is 11.3 Å². The molecule has 0 spiro atoms. The summed E-state index contributed by atoms with van der Waals surface area (Å²) in [6.45, 7) is 2.12. The lowest BCUT2D eigenvalue weighted by atomic mass is 10.1. The number of halogens is 2. The van der Waals surface area contributed by atoms with E-state index in [4.69, 9.17) is 11.6 Å². The van der Waals surface area contributed by atoms with Crippen molar-refractivity contribution in [3.63, 3.8) is 0 Å². The summed E-state index contributed by atoms with van der Waals surface area (Å²) in [6, 6.07) is 8.69. The minimum absolute atomic E-state index is 0.551. The summed E-state index contributed by atoms with van der Waals surface area (Å²) < 4.78 is 1.10. The molecule has 18 heavy (non-hydrogen) atoms. The molecule has 2 heterocycles. The van der Waals surface area contributed by atoms with Gasteiger partial charge in [-0.05, 0) is 41.1 Å². The maximum Gasteiger partial charge on any atom is 0.0485 e. The predicted molar refractivity (Wildman–Crippen MR) is 82.8 cm³/mol. The van der Waals surface area contributed by atoms with Crippen molar-refractivity contribution in [3.8, 4) is 0 Å². The third-order valence-electron chi connectivity index (χ3n) is 3.35. The van der Waals surface area contributed by atoms with Crippen LogP contribution >= 0.6 is 38.9 Å². The lowest BCUT2D eigenvalue weighted by molar-refractivity contribution is 0.743. The van der Waals surface area contributed by atoms with E-state index >= 15 is 0 Å². The van der Waals surface area contributed by atoms with Gasteiger partial charge in [0.2, 0.25) is 0 Å². The number of nitrogens with zero attached hydrogens (tertiary/aromatic N) is 1. The summed E-state index contributed by atoms with van der Waals surface area (Å²) in [5, 5.41) is 2.20. The summed E-state index contributed by atoms with van der Waals surface area (Å²) in [7, 11) is 0. The Hall–Kier alpha value is -0.510. The van der Waals surface area contributed by atoms with E-state index in [0.29, 0.717) is 5.88 Å². The lowest BCUT2D eigenvalue weighted by Crippen LogP contribution is -2.29. The summed E-state index contributed by atoms with van der Waals surface area (Å²) in [5.74, 6) is 0.551. The highest BCUT2D eigenvalue weighted by Gasteiger charge is 2.17. The molecule has 1 aliphatic rings. The number of hydrogen-bond donors (Lipinski definition) is 0. The highest BCUT2D eigenvalue weighted by Crippen LogP contribution is 2.30. The second-order valence-electron chi connectivity index (χ2n) is 4.45. The summed E-state index contributed by atoms with van der Waals surface area (Å²) in [5.41, 5.74) is 3.89. The molecule has 0 saturated heterocycles. The third kappa shape index (κ3) is 2.31. The summed E-state index contributed by atoms with van der Waals surface area (Å²) in [6.07, 6.45) is 1.15. The standard InChI is InChI=1S/C14H13BrClNS/c15-13-7-12(2-1-10(13)8-16)17-5-3-14-11(9-17)4-6-18-14/h1-2,4,6-7H,3,5,8-9H2. The van der Waals surface area contributed by atoms with Gasteiger partial charge in [-0.25, -0.2) is 0 Å². The van der Waals surface area contributed by atoms with Gasteiger partial charge >= 0.3 is 0 Å². The van der Waals surface area contributed by atoms with Crippen LogP contribution in [0.15, 0.2) is 34.1 Å². The topological polar surface area (TPSA) is 3.24 Å². The minimum Gasteiger partial charge on any atom is -0.367 e. The van der Waals surface area contributed by atoms with Gasteiger partial charge in [0, 0.05) is 34.0 Å². The number of anilines is 1. The first-order chi connectivity index (χ1) is 8.78. The Morgan fingerprint density at radius 1 is 1.33 bits per heavy atom. The Labute approximate surface area is 125 Å². The van der Waals surface area contributed by atoms with E-state index in [2.05, 4.69) is 50.5 Å². The quantitative estimate of drug-likeness (QED) is 0.708. The van der Waals surface area contributed by atoms with Crippen LogP contribution in [0.2, 0.25) is 0 Å². The highest BCUT2D eigenvalue weighted by molar-refractivity contribution is 9.10. The molecule has 0 fully saturated rings. The van der Waals surface area contributed by atoms with E-state index in [-0.39, 0.29) is 0 Å². The molecule has 0 saturated carbocycles. The lowest BCUT2D eigenvalue weighted by Gasteiger charge is -2.29. The maximum atomic E-state index is 5.88. The largest absolute Gasteiger partial charge is 0.367 e. The van der Waals surface area contributed by atoms with Gasteiger partial charge in [0.1, 0.15) is 0 Å². The zero-order valence-corrected chi connectivity index (χ0v) is 13.0. The Morgan fingerprint density at radius 3 is 3.00 bits per heavy atom. The smallest absolute Gasteiger partial charge is 0.0485 e. The van der Waals surface area contributed by atoms with Crippen molar-refractivity contribution in [1.29, 1.82) is 0 Å². The van der Waals surface area contributed by atoms with Crippen molar-refractivity contribution < 1.29 is 0 Å². The number of hydrogen-bond acceptors (Lipinski definition) is 2. The monoisotopic (exact) mass is 341 g/mol. The molecule has 1 aromatic heterocycles. The fourth-order valence-corrected chi connectivity index (χ4v) is 4.10. The van der Waals surface area contributed by atoms with Gasteiger partial charge in [-0.1, -0.05) is 22.0 Å². The minimum atomic E-state index is 0.551. The van der Waals surface area contributed by atoms with Gasteiger partial charge < -0.3 is 4.90 Å². The number of fused-ring (bicyclic) bond motifs is 1. The summed E-state index contributed by atoms with van der Waals surface area (Å²) >= 11 is 11.3. The second kappa shape index (κ2) is 5.24. The molecular formula is C14H13BrClNS. The van der Waals surface area contributed by atoms with Crippen molar-refractivity contribution in [2.24, 2.45) is 0 Å². The van der Waals surface area contributed by atoms with E-state index in [1.54, 1.807) is 4.88 Å². The van der Waals surface area contributed by atoms with Crippen LogP contribution in [0.3, 0.4) is 0 Å². The van der Waals surface area contributed by atoms with Gasteiger partial charge in [0.05, 0.1) is 0 Å². The van der Waals surface area contributed by atoms with Crippen molar-refractivity contribution >= 4 is 44.6 Å². The first-order valence-electron chi connectivity index (χ1n) is 5.92. The van der Waals surface area contributed by atoms with Crippen molar-refractivity contribution in [2.45, 2.75) is 18.8 Å². The molecule has 1 nitrogen and oxygen atoms in total. The van der Waals surface area contributed by atoms with E-state index in [0.717, 1.165) is 29.5 Å². The van der Waals surface area contributed by atoms with Crippen LogP contribution < -0.4 is 4.90 Å². The normalized spacial score (nSPS) is 14.7. The average Bonchev–Trinajstić information content (AvgIpc) is 2.85. The number of rotatable bonds is 2.